The van der Waals surface area contributed by atoms with Gasteiger partial charge in [-0.15, -0.1) is 0 Å². The fraction of sp³-hybridized carbons (Fsp3) is 0.815. The van der Waals surface area contributed by atoms with Crippen molar-refractivity contribution >= 4 is 30.1 Å². The van der Waals surface area contributed by atoms with Crippen LogP contribution in [0.3, 0.4) is 0 Å². The van der Waals surface area contributed by atoms with E-state index in [9.17, 15) is 39.3 Å². The van der Waals surface area contributed by atoms with Gasteiger partial charge >= 0.3 is 17.9 Å². The highest BCUT2D eigenvalue weighted by Gasteiger charge is 2.23. The summed E-state index contributed by atoms with van der Waals surface area (Å²) in [4.78, 5) is 65.5. The van der Waals surface area contributed by atoms with Gasteiger partial charge in [0.1, 0.15) is 6.17 Å². The summed E-state index contributed by atoms with van der Waals surface area (Å²) in [5.41, 5.74) is 6.03. The Kier molecular flexibility index (Phi) is 18.7. The molecule has 1 aliphatic heterocycles. The predicted octanol–water partition coefficient (Wildman–Crippen LogP) is -1.76. The molecule has 1 heterocycles. The van der Waals surface area contributed by atoms with Crippen molar-refractivity contribution in [3.05, 3.63) is 0 Å². The number of aliphatic carboxylic acids is 3. The van der Waals surface area contributed by atoms with E-state index in [1.807, 2.05) is 4.90 Å². The summed E-state index contributed by atoms with van der Waals surface area (Å²) in [5, 5.41) is 34.1. The first kappa shape index (κ1) is 37.3. The Morgan fingerprint density at radius 1 is 0.738 bits per heavy atom. The van der Waals surface area contributed by atoms with E-state index in [0.717, 1.165) is 19.1 Å². The maximum absolute atomic E-state index is 12.2. The SMILES string of the molecule is CC(C)CCCNC(=O)[C@H](N)CCCNC(C=O)N1CCN(CC(=O)O)CCN(CC(=O)O)CCN(CC(=O)O)CC1. The Labute approximate surface area is 248 Å². The van der Waals surface area contributed by atoms with Crippen molar-refractivity contribution in [1.82, 2.24) is 30.2 Å². The average molecular weight is 602 g/mol. The first-order valence-electron chi connectivity index (χ1n) is 14.7. The lowest BCUT2D eigenvalue weighted by Gasteiger charge is -2.35. The maximum Gasteiger partial charge on any atom is 0.317 e. The summed E-state index contributed by atoms with van der Waals surface area (Å²) in [6, 6.07) is -0.656. The number of hydrogen-bond donors (Lipinski definition) is 6. The Morgan fingerprint density at radius 2 is 1.17 bits per heavy atom. The van der Waals surface area contributed by atoms with Gasteiger partial charge in [-0.05, 0) is 38.1 Å². The fourth-order valence-electron chi connectivity index (χ4n) is 4.70. The van der Waals surface area contributed by atoms with Gasteiger partial charge in [0.15, 0.2) is 6.29 Å². The van der Waals surface area contributed by atoms with Crippen LogP contribution in [0.1, 0.15) is 39.5 Å². The molecule has 0 aliphatic carbocycles. The second-order valence-electron chi connectivity index (χ2n) is 11.2. The molecule has 1 unspecified atom stereocenters. The molecular weight excluding hydrogens is 550 g/mol. The third kappa shape index (κ3) is 17.3. The van der Waals surface area contributed by atoms with Crippen molar-refractivity contribution in [3.63, 3.8) is 0 Å². The third-order valence-corrected chi connectivity index (χ3v) is 7.11. The van der Waals surface area contributed by atoms with Crippen LogP contribution in [0.25, 0.3) is 0 Å². The molecular formula is C27H51N7O8. The van der Waals surface area contributed by atoms with E-state index in [2.05, 4.69) is 24.5 Å². The number of carboxylic acid groups (broad SMARTS) is 3. The van der Waals surface area contributed by atoms with Crippen molar-refractivity contribution in [2.75, 3.05) is 85.1 Å². The summed E-state index contributed by atoms with van der Waals surface area (Å²) in [7, 11) is 0. The summed E-state index contributed by atoms with van der Waals surface area (Å²) in [5.74, 6) is -2.69. The fourth-order valence-corrected chi connectivity index (χ4v) is 4.70. The van der Waals surface area contributed by atoms with Gasteiger partial charge in [0.05, 0.1) is 25.7 Å². The molecule has 1 rings (SSSR count). The minimum absolute atomic E-state index is 0.201. The van der Waals surface area contributed by atoms with E-state index >= 15 is 0 Å². The smallest absolute Gasteiger partial charge is 0.317 e. The normalized spacial score (nSPS) is 18.5. The van der Waals surface area contributed by atoms with Crippen molar-refractivity contribution in [3.8, 4) is 0 Å². The molecule has 1 aliphatic rings. The number of carboxylic acids is 3. The molecule has 42 heavy (non-hydrogen) atoms. The highest BCUT2D eigenvalue weighted by Crippen LogP contribution is 2.05. The summed E-state index contributed by atoms with van der Waals surface area (Å²) in [6.45, 7) is 6.96. The lowest BCUT2D eigenvalue weighted by molar-refractivity contribution is -0.140. The van der Waals surface area contributed by atoms with Gasteiger partial charge in [-0.25, -0.2) is 0 Å². The van der Waals surface area contributed by atoms with E-state index in [0.29, 0.717) is 84.2 Å². The molecule has 0 radical (unpaired) electrons. The first-order valence-corrected chi connectivity index (χ1v) is 14.7. The third-order valence-electron chi connectivity index (χ3n) is 7.11. The molecule has 0 spiro atoms. The van der Waals surface area contributed by atoms with E-state index in [1.165, 1.54) is 0 Å². The predicted molar refractivity (Wildman–Crippen MR) is 156 cm³/mol. The number of nitrogens with zero attached hydrogens (tertiary/aromatic N) is 4. The second kappa shape index (κ2) is 21.1. The van der Waals surface area contributed by atoms with Crippen LogP contribution in [0.15, 0.2) is 0 Å². The van der Waals surface area contributed by atoms with Gasteiger partial charge in [-0.2, -0.15) is 0 Å². The monoisotopic (exact) mass is 601 g/mol. The minimum Gasteiger partial charge on any atom is -0.480 e. The summed E-state index contributed by atoms with van der Waals surface area (Å²) < 4.78 is 0. The molecule has 0 aromatic carbocycles. The lowest BCUT2D eigenvalue weighted by atomic mass is 10.1. The zero-order valence-corrected chi connectivity index (χ0v) is 25.1. The van der Waals surface area contributed by atoms with Crippen LogP contribution in [-0.2, 0) is 24.0 Å². The lowest BCUT2D eigenvalue weighted by Crippen LogP contribution is -2.54. The highest BCUT2D eigenvalue weighted by molar-refractivity contribution is 5.81. The van der Waals surface area contributed by atoms with Crippen molar-refractivity contribution in [2.45, 2.75) is 51.7 Å². The van der Waals surface area contributed by atoms with Crippen LogP contribution in [0, 0.1) is 5.92 Å². The number of rotatable bonds is 18. The van der Waals surface area contributed by atoms with Crippen LogP contribution in [-0.4, -0.2) is 162 Å². The Balaban J connectivity index is 2.81. The van der Waals surface area contributed by atoms with Gasteiger partial charge < -0.3 is 31.2 Å². The molecule has 15 nitrogen and oxygen atoms in total. The van der Waals surface area contributed by atoms with Gasteiger partial charge in [-0.3, -0.25) is 44.1 Å². The standard InChI is InChI=1S/C27H51N7O8/c1-21(2)5-3-8-30-27(42)22(28)6-4-7-29-23(20-35)34-15-13-32(18-25(38)39)11-9-31(17-24(36)37)10-12-33(14-16-34)19-26(40)41/h20-23,29H,3-19,28H2,1-2H3,(H,30,42)(H,36,37)(H,38,39)(H,40,41)/t22-,23?/m1/s1. The highest BCUT2D eigenvalue weighted by atomic mass is 16.4. The first-order chi connectivity index (χ1) is 19.9. The molecule has 7 N–H and O–H groups in total. The Bertz CT molecular complexity index is 815. The van der Waals surface area contributed by atoms with E-state index in [-0.39, 0.29) is 25.5 Å². The van der Waals surface area contributed by atoms with E-state index in [1.54, 1.807) is 14.7 Å². The molecule has 1 amide bonds. The quantitative estimate of drug-likeness (QED) is 0.0760. The van der Waals surface area contributed by atoms with Crippen LogP contribution in [0.5, 0.6) is 0 Å². The number of aldehydes is 1. The van der Waals surface area contributed by atoms with Crippen LogP contribution in [0.2, 0.25) is 0 Å². The molecule has 1 saturated heterocycles. The number of carbonyl (C=O) groups excluding carboxylic acids is 2. The molecule has 0 aromatic rings. The molecule has 15 heteroatoms. The Morgan fingerprint density at radius 3 is 1.57 bits per heavy atom. The zero-order chi connectivity index (χ0) is 31.5. The number of carbonyl (C=O) groups is 5. The van der Waals surface area contributed by atoms with Crippen molar-refractivity contribution in [2.24, 2.45) is 11.7 Å². The average Bonchev–Trinajstić information content (AvgIpc) is 2.90. The van der Waals surface area contributed by atoms with Crippen molar-refractivity contribution < 1.29 is 39.3 Å². The maximum atomic E-state index is 12.2. The number of hydrogen-bond acceptors (Lipinski definition) is 11. The zero-order valence-electron chi connectivity index (χ0n) is 25.1. The van der Waals surface area contributed by atoms with Crippen molar-refractivity contribution in [1.29, 1.82) is 0 Å². The van der Waals surface area contributed by atoms with Crippen LogP contribution < -0.4 is 16.4 Å². The topological polar surface area (TPSA) is 209 Å². The number of nitrogens with two attached hydrogens (primary N) is 1. The van der Waals surface area contributed by atoms with Gasteiger partial charge in [-0.1, -0.05) is 13.8 Å². The molecule has 2 atom stereocenters. The van der Waals surface area contributed by atoms with Gasteiger partial charge in [0.2, 0.25) is 5.91 Å². The molecule has 1 fully saturated rings. The minimum atomic E-state index is -1.02. The van der Waals surface area contributed by atoms with Gasteiger partial charge in [0.25, 0.3) is 0 Å². The second-order valence-corrected chi connectivity index (χ2v) is 11.2. The summed E-state index contributed by atoms with van der Waals surface area (Å²) in [6.07, 6.45) is 2.94. The Hall–Kier alpha value is -2.69. The summed E-state index contributed by atoms with van der Waals surface area (Å²) >= 11 is 0. The molecule has 0 saturated carbocycles. The molecule has 242 valence electrons. The van der Waals surface area contributed by atoms with Crippen LogP contribution >= 0.6 is 0 Å². The largest absolute Gasteiger partial charge is 0.480 e. The van der Waals surface area contributed by atoms with E-state index in [4.69, 9.17) is 5.73 Å². The van der Waals surface area contributed by atoms with Gasteiger partial charge in [0, 0.05) is 58.9 Å². The molecule has 0 aromatic heterocycles. The van der Waals surface area contributed by atoms with Crippen LogP contribution in [0.4, 0.5) is 0 Å². The number of nitrogens with one attached hydrogen (secondary N) is 2. The molecule has 0 bridgehead atoms. The van der Waals surface area contributed by atoms with E-state index < -0.39 is 30.1 Å². The number of amides is 1.